The molecule has 0 amide bonds. The van der Waals surface area contributed by atoms with Crippen molar-refractivity contribution >= 4 is 22.1 Å². The first-order valence-electron chi connectivity index (χ1n) is 5.86. The molecule has 1 aliphatic heterocycles. The van der Waals surface area contributed by atoms with Gasteiger partial charge in [0.05, 0.1) is 21.1 Å². The summed E-state index contributed by atoms with van der Waals surface area (Å²) >= 11 is 0. The minimum atomic E-state index is -1.02. The molecular formula is C13H7N3O5. The summed E-state index contributed by atoms with van der Waals surface area (Å²) < 4.78 is 0. The van der Waals surface area contributed by atoms with E-state index in [0.717, 1.165) is 6.07 Å². The lowest BCUT2D eigenvalue weighted by Crippen LogP contribution is -2.15. The van der Waals surface area contributed by atoms with Crippen LogP contribution < -0.4 is 5.43 Å². The largest absolute Gasteiger partial charge is 0.393 e. The molecule has 0 saturated heterocycles. The summed E-state index contributed by atoms with van der Waals surface area (Å²) in [7, 11) is 0. The Morgan fingerprint density at radius 2 is 1.76 bits per heavy atom. The Labute approximate surface area is 116 Å². The van der Waals surface area contributed by atoms with Gasteiger partial charge in [0.1, 0.15) is 0 Å². The van der Waals surface area contributed by atoms with Crippen molar-refractivity contribution in [1.29, 1.82) is 0 Å². The molecule has 2 aliphatic rings. The van der Waals surface area contributed by atoms with Gasteiger partial charge in [-0.1, -0.05) is 24.3 Å². The van der Waals surface area contributed by atoms with Crippen molar-refractivity contribution in [2.45, 2.75) is 0 Å². The Morgan fingerprint density at radius 3 is 2.43 bits per heavy atom. The van der Waals surface area contributed by atoms with Gasteiger partial charge in [0, 0.05) is 12.3 Å². The molecule has 0 unspecified atom stereocenters. The highest BCUT2D eigenvalue weighted by atomic mass is 16.6. The standard InChI is InChI=1S/C13H7N3O5/c17-13-11-8-4-2-1-3-7(8)6-14-9(11)5-10(15(18)19)12(13)16(20)21/h1-6,14H. The molecule has 3 rings (SSSR count). The topological polar surface area (TPSA) is 119 Å². The van der Waals surface area contributed by atoms with Crippen LogP contribution in [0, 0.1) is 20.2 Å². The Bertz CT molecular complexity index is 931. The first-order chi connectivity index (χ1) is 10.0. The average molecular weight is 285 g/mol. The smallest absolute Gasteiger partial charge is 0.360 e. The first kappa shape index (κ1) is 12.7. The Kier molecular flexibility index (Phi) is 2.65. The van der Waals surface area contributed by atoms with Gasteiger partial charge >= 0.3 is 11.4 Å². The van der Waals surface area contributed by atoms with Crippen LogP contribution in [0.5, 0.6) is 0 Å². The average Bonchev–Trinajstić information content (AvgIpc) is 2.45. The van der Waals surface area contributed by atoms with Crippen molar-refractivity contribution in [3.05, 3.63) is 67.0 Å². The van der Waals surface area contributed by atoms with E-state index in [4.69, 9.17) is 0 Å². The van der Waals surface area contributed by atoms with Gasteiger partial charge in [-0.05, 0) is 10.8 Å². The van der Waals surface area contributed by atoms with Crippen LogP contribution in [0.3, 0.4) is 0 Å². The van der Waals surface area contributed by atoms with Crippen molar-refractivity contribution in [2.24, 2.45) is 0 Å². The summed E-state index contributed by atoms with van der Waals surface area (Å²) in [5, 5.41) is 23.1. The van der Waals surface area contributed by atoms with Crippen LogP contribution in [0.25, 0.3) is 22.0 Å². The number of nitrogens with one attached hydrogen (secondary N) is 1. The second-order valence-corrected chi connectivity index (χ2v) is 4.39. The number of benzene rings is 2. The number of aromatic amines is 1. The maximum Gasteiger partial charge on any atom is 0.393 e. The molecule has 8 heteroatoms. The zero-order valence-corrected chi connectivity index (χ0v) is 10.4. The predicted octanol–water partition coefficient (Wildman–Crippen LogP) is 2.45. The van der Waals surface area contributed by atoms with Crippen LogP contribution in [0.15, 0.2) is 41.3 Å². The van der Waals surface area contributed by atoms with Gasteiger partial charge in [-0.15, -0.1) is 0 Å². The number of nitro groups is 2. The fourth-order valence-corrected chi connectivity index (χ4v) is 2.34. The third kappa shape index (κ3) is 1.81. The van der Waals surface area contributed by atoms with E-state index in [2.05, 4.69) is 4.98 Å². The van der Waals surface area contributed by atoms with Gasteiger partial charge < -0.3 is 4.98 Å². The van der Waals surface area contributed by atoms with Crippen LogP contribution in [-0.2, 0) is 0 Å². The lowest BCUT2D eigenvalue weighted by molar-refractivity contribution is -0.423. The third-order valence-electron chi connectivity index (χ3n) is 3.23. The zero-order valence-electron chi connectivity index (χ0n) is 10.4. The quantitative estimate of drug-likeness (QED) is 0.440. The van der Waals surface area contributed by atoms with E-state index in [0.29, 0.717) is 10.8 Å². The third-order valence-corrected chi connectivity index (χ3v) is 3.23. The summed E-state index contributed by atoms with van der Waals surface area (Å²) in [5.41, 5.74) is -2.53. The summed E-state index contributed by atoms with van der Waals surface area (Å²) in [6.45, 7) is 0. The molecule has 0 fully saturated rings. The molecule has 1 aromatic carbocycles. The fourth-order valence-electron chi connectivity index (χ4n) is 2.34. The van der Waals surface area contributed by atoms with E-state index in [1.165, 1.54) is 0 Å². The molecule has 1 N–H and O–H groups in total. The van der Waals surface area contributed by atoms with Gasteiger partial charge in [-0.3, -0.25) is 25.0 Å². The van der Waals surface area contributed by atoms with Crippen molar-refractivity contribution in [2.75, 3.05) is 0 Å². The maximum atomic E-state index is 12.3. The monoisotopic (exact) mass is 285 g/mol. The van der Waals surface area contributed by atoms with Crippen LogP contribution in [-0.4, -0.2) is 14.8 Å². The molecule has 0 bridgehead atoms. The highest BCUT2D eigenvalue weighted by Crippen LogP contribution is 2.33. The van der Waals surface area contributed by atoms with Gasteiger partial charge in [-0.2, -0.15) is 0 Å². The summed E-state index contributed by atoms with van der Waals surface area (Å²) in [6, 6.07) is 7.84. The highest BCUT2D eigenvalue weighted by Gasteiger charge is 2.33. The van der Waals surface area contributed by atoms with Gasteiger partial charge in [0.25, 0.3) is 5.43 Å². The number of aromatic nitrogens is 1. The second-order valence-electron chi connectivity index (χ2n) is 4.39. The van der Waals surface area contributed by atoms with E-state index in [-0.39, 0.29) is 11.3 Å². The molecule has 8 nitrogen and oxygen atoms in total. The minimum absolute atomic E-state index is 0.0744. The van der Waals surface area contributed by atoms with Gasteiger partial charge in [-0.25, -0.2) is 0 Å². The zero-order chi connectivity index (χ0) is 15.1. The van der Waals surface area contributed by atoms with E-state index in [1.54, 1.807) is 30.5 Å². The number of H-pyrrole nitrogens is 1. The minimum Gasteiger partial charge on any atom is -0.360 e. The van der Waals surface area contributed by atoms with Crippen molar-refractivity contribution < 1.29 is 9.85 Å². The Hall–Kier alpha value is -3.29. The number of nitrogens with zero attached hydrogens (tertiary/aromatic N) is 2. The highest BCUT2D eigenvalue weighted by molar-refractivity contribution is 5.97. The van der Waals surface area contributed by atoms with Crippen molar-refractivity contribution in [3.8, 4) is 11.3 Å². The Balaban J connectivity index is 2.58. The van der Waals surface area contributed by atoms with E-state index in [9.17, 15) is 25.0 Å². The number of rotatable bonds is 2. The molecule has 0 saturated carbocycles. The fraction of sp³-hybridized carbons (Fsp3) is 0. The molecule has 1 aliphatic carbocycles. The molecule has 0 aromatic heterocycles. The first-order valence-corrected chi connectivity index (χ1v) is 5.86. The number of hydrogen-bond acceptors (Lipinski definition) is 5. The number of hydrogen-bond donors (Lipinski definition) is 1. The van der Waals surface area contributed by atoms with Crippen LogP contribution in [0.2, 0.25) is 0 Å². The normalized spacial score (nSPS) is 10.9. The van der Waals surface area contributed by atoms with Crippen molar-refractivity contribution in [1.82, 2.24) is 4.98 Å². The van der Waals surface area contributed by atoms with E-state index in [1.807, 2.05) is 0 Å². The van der Waals surface area contributed by atoms with Crippen LogP contribution in [0.4, 0.5) is 11.4 Å². The molecule has 21 heavy (non-hydrogen) atoms. The lowest BCUT2D eigenvalue weighted by Gasteiger charge is -2.08. The van der Waals surface area contributed by atoms with Gasteiger partial charge in [0.15, 0.2) is 0 Å². The summed E-state index contributed by atoms with van der Waals surface area (Å²) in [6.07, 6.45) is 1.59. The SMILES string of the molecule is O=c1c([N+](=O)[O-])c([N+](=O)[O-])cc2[nH]cc3ccccc3c1-2. The van der Waals surface area contributed by atoms with E-state index < -0.39 is 26.7 Å². The molecule has 1 aromatic rings. The molecule has 1 heterocycles. The molecule has 0 atom stereocenters. The maximum absolute atomic E-state index is 12.3. The number of nitro benzene ring substituents is 2. The summed E-state index contributed by atoms with van der Waals surface area (Å²) in [4.78, 5) is 35.1. The Morgan fingerprint density at radius 1 is 1.05 bits per heavy atom. The summed E-state index contributed by atoms with van der Waals surface area (Å²) in [5.74, 6) is 0. The number of pyridine rings is 1. The predicted molar refractivity (Wildman–Crippen MR) is 74.5 cm³/mol. The second kappa shape index (κ2) is 4.37. The van der Waals surface area contributed by atoms with Gasteiger partial charge in [0.2, 0.25) is 0 Å². The molecule has 0 spiro atoms. The number of fused-ring (bicyclic) bond motifs is 3. The molecule has 104 valence electrons. The van der Waals surface area contributed by atoms with Crippen molar-refractivity contribution in [3.63, 3.8) is 0 Å². The van der Waals surface area contributed by atoms with E-state index >= 15 is 0 Å². The molecular weight excluding hydrogens is 278 g/mol. The van der Waals surface area contributed by atoms with Crippen LogP contribution in [0.1, 0.15) is 0 Å². The van der Waals surface area contributed by atoms with Crippen LogP contribution >= 0.6 is 0 Å². The lowest BCUT2D eigenvalue weighted by atomic mass is 9.99. The molecule has 0 radical (unpaired) electrons.